The van der Waals surface area contributed by atoms with Crippen molar-refractivity contribution in [3.63, 3.8) is 0 Å². The first-order chi connectivity index (χ1) is 10.3. The van der Waals surface area contributed by atoms with E-state index in [2.05, 4.69) is 12.2 Å². The van der Waals surface area contributed by atoms with Gasteiger partial charge in [0.1, 0.15) is 11.6 Å². The Labute approximate surface area is 125 Å². The molecular formula is C18H22O3. The maximum atomic E-state index is 12.6. The molecule has 3 heteroatoms. The number of hydrogen-bond donors (Lipinski definition) is 0. The zero-order chi connectivity index (χ0) is 14.1. The number of hydrogen-bond acceptors (Lipinski definition) is 3. The van der Waals surface area contributed by atoms with E-state index in [1.165, 1.54) is 25.7 Å². The molecule has 0 spiro atoms. The second-order valence-electron chi connectivity index (χ2n) is 7.76. The van der Waals surface area contributed by atoms with Crippen molar-refractivity contribution in [1.29, 1.82) is 0 Å². The van der Waals surface area contributed by atoms with Crippen LogP contribution in [0, 0.1) is 41.4 Å². The largest absolute Gasteiger partial charge is 0.378 e. The van der Waals surface area contributed by atoms with Crippen LogP contribution in [0.3, 0.4) is 0 Å². The molecule has 4 saturated carbocycles. The van der Waals surface area contributed by atoms with E-state index in [9.17, 15) is 9.59 Å². The summed E-state index contributed by atoms with van der Waals surface area (Å²) in [5.41, 5.74) is 0. The van der Waals surface area contributed by atoms with Crippen LogP contribution >= 0.6 is 0 Å². The lowest BCUT2D eigenvalue weighted by Crippen LogP contribution is -2.33. The zero-order valence-electron chi connectivity index (χ0n) is 12.2. The molecule has 0 heterocycles. The first kappa shape index (κ1) is 12.6. The highest BCUT2D eigenvalue weighted by Crippen LogP contribution is 2.64. The van der Waals surface area contributed by atoms with E-state index in [0.717, 1.165) is 13.0 Å². The lowest BCUT2D eigenvalue weighted by atomic mass is 9.69. The molecule has 5 rings (SSSR count). The second kappa shape index (κ2) is 4.28. The molecule has 21 heavy (non-hydrogen) atoms. The van der Waals surface area contributed by atoms with Crippen molar-refractivity contribution in [2.75, 3.05) is 6.61 Å². The predicted molar refractivity (Wildman–Crippen MR) is 76.4 cm³/mol. The molecule has 0 N–H and O–H groups in total. The van der Waals surface area contributed by atoms with Crippen LogP contribution in [0.25, 0.3) is 0 Å². The lowest BCUT2D eigenvalue weighted by Gasteiger charge is -2.34. The average Bonchev–Trinajstić information content (AvgIpc) is 3.26. The number of ether oxygens (including phenoxy) is 1. The van der Waals surface area contributed by atoms with E-state index in [4.69, 9.17) is 4.74 Å². The Balaban J connectivity index is 1.35. The van der Waals surface area contributed by atoms with Gasteiger partial charge in [-0.15, -0.1) is 0 Å². The average molecular weight is 286 g/mol. The summed E-state index contributed by atoms with van der Waals surface area (Å²) in [6, 6.07) is 0. The van der Waals surface area contributed by atoms with Gasteiger partial charge in [0.25, 0.3) is 0 Å². The molecule has 0 amide bonds. The van der Waals surface area contributed by atoms with E-state index < -0.39 is 0 Å². The quantitative estimate of drug-likeness (QED) is 0.591. The van der Waals surface area contributed by atoms with Gasteiger partial charge in [0, 0.05) is 23.7 Å². The summed E-state index contributed by atoms with van der Waals surface area (Å²) in [5, 5.41) is 0. The third-order valence-corrected chi connectivity index (χ3v) is 6.94. The van der Waals surface area contributed by atoms with Crippen molar-refractivity contribution < 1.29 is 14.3 Å². The molecule has 0 saturated heterocycles. The molecule has 0 aromatic heterocycles. The fourth-order valence-electron chi connectivity index (χ4n) is 6.15. The van der Waals surface area contributed by atoms with E-state index in [1.807, 2.05) is 0 Å². The van der Waals surface area contributed by atoms with Gasteiger partial charge >= 0.3 is 0 Å². The summed E-state index contributed by atoms with van der Waals surface area (Å²) in [7, 11) is 0. The minimum atomic E-state index is 0.0493. The molecule has 0 aromatic carbocycles. The van der Waals surface area contributed by atoms with Gasteiger partial charge in [0.2, 0.25) is 0 Å². The minimum absolute atomic E-state index is 0.0493. The summed E-state index contributed by atoms with van der Waals surface area (Å²) in [5.74, 6) is 2.27. The number of carbonyl (C=O) groups excluding carboxylic acids is 2. The highest BCUT2D eigenvalue weighted by atomic mass is 16.5. The Kier molecular flexibility index (Phi) is 2.56. The molecule has 0 radical (unpaired) electrons. The Bertz CT molecular complexity index is 531. The van der Waals surface area contributed by atoms with E-state index in [0.29, 0.717) is 35.4 Å². The number of rotatable bonds is 3. The molecule has 112 valence electrons. The summed E-state index contributed by atoms with van der Waals surface area (Å²) in [6.07, 6.45) is 10.5. The highest BCUT2D eigenvalue weighted by Gasteiger charge is 2.68. The highest BCUT2D eigenvalue weighted by molar-refractivity contribution is 5.98. The van der Waals surface area contributed by atoms with Gasteiger partial charge in [-0.1, -0.05) is 25.0 Å². The van der Waals surface area contributed by atoms with Crippen LogP contribution in [0.2, 0.25) is 0 Å². The molecule has 0 aromatic rings. The number of carbonyl (C=O) groups is 2. The van der Waals surface area contributed by atoms with Crippen molar-refractivity contribution in [1.82, 2.24) is 0 Å². The molecule has 5 aliphatic rings. The minimum Gasteiger partial charge on any atom is -0.378 e. The molecule has 4 bridgehead atoms. The second-order valence-corrected chi connectivity index (χ2v) is 7.76. The number of fused-ring (bicyclic) bond motifs is 9. The molecule has 5 aliphatic carbocycles. The number of ketones is 2. The van der Waals surface area contributed by atoms with Gasteiger partial charge in [-0.05, 0) is 37.0 Å². The topological polar surface area (TPSA) is 43.4 Å². The number of Topliss-reactive ketones (excluding diaryl/α,β-unsaturated/α-hetero) is 2. The Morgan fingerprint density at radius 3 is 2.48 bits per heavy atom. The van der Waals surface area contributed by atoms with Crippen LogP contribution in [0.1, 0.15) is 32.1 Å². The van der Waals surface area contributed by atoms with Crippen molar-refractivity contribution in [2.24, 2.45) is 41.4 Å². The smallest absolute Gasteiger partial charge is 0.147 e. The fourth-order valence-corrected chi connectivity index (χ4v) is 6.15. The monoisotopic (exact) mass is 286 g/mol. The molecule has 0 aliphatic heterocycles. The van der Waals surface area contributed by atoms with Gasteiger partial charge in [0.05, 0.1) is 12.7 Å². The van der Waals surface area contributed by atoms with Crippen molar-refractivity contribution in [3.8, 4) is 0 Å². The maximum Gasteiger partial charge on any atom is 0.147 e. The molecule has 7 atom stereocenters. The maximum absolute atomic E-state index is 12.6. The van der Waals surface area contributed by atoms with Crippen molar-refractivity contribution >= 4 is 11.6 Å². The standard InChI is InChI=1S/C18H22O3/c19-17-11-5-6-12(17)16-14-9(7-13(15(11)16)18(14)20)8-21-10-3-1-2-4-10/h5-6,9-16H,1-4,7-8H2. The normalized spacial score (nSPS) is 50.6. The third-order valence-electron chi connectivity index (χ3n) is 6.94. The van der Waals surface area contributed by atoms with Crippen LogP contribution in [0.4, 0.5) is 0 Å². The first-order valence-corrected chi connectivity index (χ1v) is 8.63. The molecule has 4 fully saturated rings. The van der Waals surface area contributed by atoms with Gasteiger partial charge in [-0.2, -0.15) is 0 Å². The Morgan fingerprint density at radius 2 is 1.71 bits per heavy atom. The van der Waals surface area contributed by atoms with E-state index >= 15 is 0 Å². The van der Waals surface area contributed by atoms with Gasteiger partial charge in [-0.3, -0.25) is 9.59 Å². The van der Waals surface area contributed by atoms with Gasteiger partial charge < -0.3 is 4.74 Å². The van der Waals surface area contributed by atoms with Crippen molar-refractivity contribution in [3.05, 3.63) is 12.2 Å². The molecule has 3 nitrogen and oxygen atoms in total. The Hall–Kier alpha value is -0.960. The number of allylic oxidation sites excluding steroid dienone is 2. The fraction of sp³-hybridized carbons (Fsp3) is 0.778. The van der Waals surface area contributed by atoms with Crippen molar-refractivity contribution in [2.45, 2.75) is 38.2 Å². The predicted octanol–water partition coefficient (Wildman–Crippen LogP) is 2.40. The summed E-state index contributed by atoms with van der Waals surface area (Å²) in [6.45, 7) is 0.746. The van der Waals surface area contributed by atoms with E-state index in [1.54, 1.807) is 0 Å². The third kappa shape index (κ3) is 1.53. The van der Waals surface area contributed by atoms with Crippen LogP contribution in [-0.4, -0.2) is 24.3 Å². The molecular weight excluding hydrogens is 264 g/mol. The van der Waals surface area contributed by atoms with Gasteiger partial charge in [0.15, 0.2) is 0 Å². The Morgan fingerprint density at radius 1 is 1.00 bits per heavy atom. The first-order valence-electron chi connectivity index (χ1n) is 8.63. The van der Waals surface area contributed by atoms with Crippen LogP contribution < -0.4 is 0 Å². The SMILES string of the molecule is O=C1C2C=CC1C1C3C(=O)C(CC3COC3CCCC3)C21. The summed E-state index contributed by atoms with van der Waals surface area (Å²) in [4.78, 5) is 24.9. The van der Waals surface area contributed by atoms with E-state index in [-0.39, 0.29) is 23.7 Å². The van der Waals surface area contributed by atoms with Gasteiger partial charge in [-0.25, -0.2) is 0 Å². The van der Waals surface area contributed by atoms with Crippen LogP contribution in [0.15, 0.2) is 12.2 Å². The van der Waals surface area contributed by atoms with Crippen LogP contribution in [-0.2, 0) is 14.3 Å². The lowest BCUT2D eigenvalue weighted by molar-refractivity contribution is -0.125. The molecule has 7 unspecified atom stereocenters. The van der Waals surface area contributed by atoms with Crippen LogP contribution in [0.5, 0.6) is 0 Å². The summed E-state index contributed by atoms with van der Waals surface area (Å²) >= 11 is 0. The zero-order valence-corrected chi connectivity index (χ0v) is 12.2. The summed E-state index contributed by atoms with van der Waals surface area (Å²) < 4.78 is 6.09.